The zero-order valence-electron chi connectivity index (χ0n) is 11.1. The minimum atomic E-state index is -0.427. The van der Waals surface area contributed by atoms with Gasteiger partial charge in [-0.2, -0.15) is 0 Å². The van der Waals surface area contributed by atoms with E-state index in [1.165, 1.54) is 0 Å². The van der Waals surface area contributed by atoms with Gasteiger partial charge < -0.3 is 19.3 Å². The van der Waals surface area contributed by atoms with Crippen molar-refractivity contribution in [3.63, 3.8) is 0 Å². The van der Waals surface area contributed by atoms with Crippen LogP contribution in [0.25, 0.3) is 0 Å². The maximum Gasteiger partial charge on any atom is 0.184 e. The molecule has 3 atom stereocenters. The molecule has 1 aromatic rings. The van der Waals surface area contributed by atoms with Gasteiger partial charge in [0, 0.05) is 11.5 Å². The van der Waals surface area contributed by atoms with Crippen molar-refractivity contribution in [3.05, 3.63) is 42.5 Å². The zero-order chi connectivity index (χ0) is 13.7. The molecule has 0 radical (unpaired) electrons. The molecule has 2 rings (SSSR count). The maximum absolute atomic E-state index is 9.40. The van der Waals surface area contributed by atoms with Crippen molar-refractivity contribution in [2.24, 2.45) is 5.92 Å². The Morgan fingerprint density at radius 2 is 2.16 bits per heavy atom. The Morgan fingerprint density at radius 3 is 2.74 bits per heavy atom. The molecule has 0 bridgehead atoms. The molecule has 0 aliphatic carbocycles. The SMILES string of the molecule is C=CC[C@H]1CO[C@H](c2ccc(OC)cc2)O[C@@H]1CO. The Hall–Kier alpha value is -1.36. The largest absolute Gasteiger partial charge is 0.497 e. The predicted molar refractivity (Wildman–Crippen MR) is 71.9 cm³/mol. The Kier molecular flexibility index (Phi) is 4.96. The van der Waals surface area contributed by atoms with E-state index in [1.807, 2.05) is 30.3 Å². The molecule has 0 aromatic heterocycles. The summed E-state index contributed by atoms with van der Waals surface area (Å²) >= 11 is 0. The second-order valence-corrected chi connectivity index (χ2v) is 4.58. The van der Waals surface area contributed by atoms with Gasteiger partial charge >= 0.3 is 0 Å². The average Bonchev–Trinajstić information content (AvgIpc) is 2.48. The molecule has 1 heterocycles. The highest BCUT2D eigenvalue weighted by atomic mass is 16.7. The summed E-state index contributed by atoms with van der Waals surface area (Å²) in [7, 11) is 1.63. The molecule has 104 valence electrons. The lowest BCUT2D eigenvalue weighted by Crippen LogP contribution is -2.38. The number of benzene rings is 1. The Balaban J connectivity index is 2.03. The van der Waals surface area contributed by atoms with Gasteiger partial charge in [0.1, 0.15) is 5.75 Å². The molecule has 1 saturated heterocycles. The molecule has 0 amide bonds. The van der Waals surface area contributed by atoms with Crippen LogP contribution in [-0.2, 0) is 9.47 Å². The van der Waals surface area contributed by atoms with Crippen molar-refractivity contribution >= 4 is 0 Å². The first-order chi connectivity index (χ1) is 9.28. The van der Waals surface area contributed by atoms with Gasteiger partial charge in [-0.15, -0.1) is 6.58 Å². The highest BCUT2D eigenvalue weighted by Gasteiger charge is 2.31. The van der Waals surface area contributed by atoms with Crippen LogP contribution in [0.5, 0.6) is 5.75 Å². The first-order valence-corrected chi connectivity index (χ1v) is 6.41. The summed E-state index contributed by atoms with van der Waals surface area (Å²) in [6.07, 6.45) is 1.97. The third kappa shape index (κ3) is 3.35. The lowest BCUT2D eigenvalue weighted by molar-refractivity contribution is -0.247. The highest BCUT2D eigenvalue weighted by Crippen LogP contribution is 2.31. The smallest absolute Gasteiger partial charge is 0.184 e. The molecular formula is C15H20O4. The van der Waals surface area contributed by atoms with E-state index in [0.717, 1.165) is 17.7 Å². The predicted octanol–water partition coefficient (Wildman–Crippen LogP) is 2.29. The van der Waals surface area contributed by atoms with Crippen molar-refractivity contribution < 1.29 is 19.3 Å². The molecule has 1 N–H and O–H groups in total. The van der Waals surface area contributed by atoms with Gasteiger partial charge in [0.2, 0.25) is 0 Å². The van der Waals surface area contributed by atoms with E-state index in [9.17, 15) is 5.11 Å². The van der Waals surface area contributed by atoms with E-state index in [4.69, 9.17) is 14.2 Å². The van der Waals surface area contributed by atoms with E-state index in [0.29, 0.717) is 6.61 Å². The fourth-order valence-corrected chi connectivity index (χ4v) is 2.19. The summed E-state index contributed by atoms with van der Waals surface area (Å²) in [4.78, 5) is 0. The van der Waals surface area contributed by atoms with E-state index in [2.05, 4.69) is 6.58 Å². The molecular weight excluding hydrogens is 244 g/mol. The summed E-state index contributed by atoms with van der Waals surface area (Å²) in [6, 6.07) is 7.55. The zero-order valence-corrected chi connectivity index (χ0v) is 11.1. The van der Waals surface area contributed by atoms with Gasteiger partial charge in [0.25, 0.3) is 0 Å². The Bertz CT molecular complexity index is 401. The molecule has 4 heteroatoms. The quantitative estimate of drug-likeness (QED) is 0.829. The standard InChI is InChI=1S/C15H20O4/c1-3-4-12-10-18-15(19-14(12)9-16)11-5-7-13(17-2)8-6-11/h3,5-8,12,14-16H,1,4,9-10H2,2H3/t12-,14+,15-/m0/s1. The lowest BCUT2D eigenvalue weighted by Gasteiger charge is -2.35. The fourth-order valence-electron chi connectivity index (χ4n) is 2.19. The number of hydrogen-bond acceptors (Lipinski definition) is 4. The van der Waals surface area contributed by atoms with Gasteiger partial charge in [-0.05, 0) is 18.6 Å². The van der Waals surface area contributed by atoms with Crippen LogP contribution < -0.4 is 4.74 Å². The van der Waals surface area contributed by atoms with Gasteiger partial charge in [0.15, 0.2) is 6.29 Å². The van der Waals surface area contributed by atoms with Crippen LogP contribution in [0.15, 0.2) is 36.9 Å². The minimum absolute atomic E-state index is 0.00544. The third-order valence-electron chi connectivity index (χ3n) is 3.32. The monoisotopic (exact) mass is 264 g/mol. The van der Waals surface area contributed by atoms with Crippen molar-refractivity contribution in [2.45, 2.75) is 18.8 Å². The first kappa shape index (κ1) is 14.1. The molecule has 0 unspecified atom stereocenters. The van der Waals surface area contributed by atoms with Crippen molar-refractivity contribution in [1.29, 1.82) is 0 Å². The molecule has 0 spiro atoms. The molecule has 1 aliphatic heterocycles. The number of allylic oxidation sites excluding steroid dienone is 1. The van der Waals surface area contributed by atoms with Crippen LogP contribution in [0, 0.1) is 5.92 Å². The summed E-state index contributed by atoms with van der Waals surface area (Å²) < 4.78 is 16.6. The van der Waals surface area contributed by atoms with Crippen molar-refractivity contribution in [2.75, 3.05) is 20.3 Å². The average molecular weight is 264 g/mol. The topological polar surface area (TPSA) is 47.9 Å². The third-order valence-corrected chi connectivity index (χ3v) is 3.32. The summed E-state index contributed by atoms with van der Waals surface area (Å²) in [5, 5.41) is 9.40. The van der Waals surface area contributed by atoms with E-state index in [-0.39, 0.29) is 18.6 Å². The van der Waals surface area contributed by atoms with Crippen LogP contribution in [0.2, 0.25) is 0 Å². The van der Waals surface area contributed by atoms with Crippen LogP contribution in [0.4, 0.5) is 0 Å². The van der Waals surface area contributed by atoms with Crippen molar-refractivity contribution in [3.8, 4) is 5.75 Å². The van der Waals surface area contributed by atoms with Crippen LogP contribution in [-0.4, -0.2) is 31.5 Å². The molecule has 1 aromatic carbocycles. The first-order valence-electron chi connectivity index (χ1n) is 6.41. The summed E-state index contributed by atoms with van der Waals surface area (Å²) in [5.41, 5.74) is 0.927. The number of aliphatic hydroxyl groups excluding tert-OH is 1. The number of aliphatic hydroxyl groups is 1. The van der Waals surface area contributed by atoms with Crippen molar-refractivity contribution in [1.82, 2.24) is 0 Å². The fraction of sp³-hybridized carbons (Fsp3) is 0.467. The maximum atomic E-state index is 9.40. The van der Waals surface area contributed by atoms with Crippen LogP contribution in [0.1, 0.15) is 18.3 Å². The minimum Gasteiger partial charge on any atom is -0.497 e. The van der Waals surface area contributed by atoms with Gasteiger partial charge in [-0.3, -0.25) is 0 Å². The molecule has 0 saturated carbocycles. The summed E-state index contributed by atoms with van der Waals surface area (Å²) in [5.74, 6) is 0.958. The Labute approximate surface area is 113 Å². The van der Waals surface area contributed by atoms with Gasteiger partial charge in [-0.25, -0.2) is 0 Å². The number of rotatable bonds is 5. The molecule has 19 heavy (non-hydrogen) atoms. The second kappa shape index (κ2) is 6.70. The van der Waals surface area contributed by atoms with Crippen LogP contribution in [0.3, 0.4) is 0 Å². The number of hydrogen-bond donors (Lipinski definition) is 1. The van der Waals surface area contributed by atoms with Crippen LogP contribution >= 0.6 is 0 Å². The second-order valence-electron chi connectivity index (χ2n) is 4.58. The summed E-state index contributed by atoms with van der Waals surface area (Å²) in [6.45, 7) is 4.27. The van der Waals surface area contributed by atoms with Gasteiger partial charge in [-0.1, -0.05) is 18.2 Å². The molecule has 1 fully saturated rings. The number of ether oxygens (including phenoxy) is 3. The molecule has 1 aliphatic rings. The van der Waals surface area contributed by atoms with E-state index < -0.39 is 6.29 Å². The Morgan fingerprint density at radius 1 is 1.42 bits per heavy atom. The molecule has 4 nitrogen and oxygen atoms in total. The van der Waals surface area contributed by atoms with E-state index in [1.54, 1.807) is 7.11 Å². The van der Waals surface area contributed by atoms with E-state index >= 15 is 0 Å². The highest BCUT2D eigenvalue weighted by molar-refractivity contribution is 5.28. The van der Waals surface area contributed by atoms with Gasteiger partial charge in [0.05, 0.1) is 26.4 Å². The lowest BCUT2D eigenvalue weighted by atomic mass is 9.98. The number of methoxy groups -OCH3 is 1. The normalized spacial score (nSPS) is 26.9.